The van der Waals surface area contributed by atoms with Crippen molar-refractivity contribution in [3.63, 3.8) is 0 Å². The molecule has 0 unspecified atom stereocenters. The third-order valence-electron chi connectivity index (χ3n) is 1.36. The molecule has 0 aliphatic carbocycles. The molecule has 1 amide bonds. The number of nitrogens with zero attached hydrogens (tertiary/aromatic N) is 2. The van der Waals surface area contributed by atoms with Gasteiger partial charge in [0.15, 0.2) is 0 Å². The molecule has 0 aliphatic heterocycles. The first-order chi connectivity index (χ1) is 10.4. The van der Waals surface area contributed by atoms with Crippen molar-refractivity contribution in [3.8, 4) is 12.1 Å². The predicted octanol–water partition coefficient (Wildman–Crippen LogP) is 2.69. The number of carboxylic acids is 1. The number of hydrogen-bond donors (Lipinski definition) is 4. The Kier molecular flexibility index (Phi) is 41.0. The molecule has 0 fully saturated rings. The average Bonchev–Trinajstić information content (AvgIpc) is 2.47. The summed E-state index contributed by atoms with van der Waals surface area (Å²) in [6.45, 7) is 5.11. The molecular weight excluding hydrogens is 322 g/mol. The zero-order chi connectivity index (χ0) is 18.2. The summed E-state index contributed by atoms with van der Waals surface area (Å²) in [5, 5.41) is 23.2. The van der Waals surface area contributed by atoms with Crippen molar-refractivity contribution in [2.24, 2.45) is 5.73 Å². The maximum Gasteiger partial charge on any atom is 1.00 e. The van der Waals surface area contributed by atoms with Gasteiger partial charge in [-0.15, -0.1) is 0 Å². The van der Waals surface area contributed by atoms with Gasteiger partial charge in [0, 0.05) is 24.7 Å². The Labute approximate surface area is 145 Å². The van der Waals surface area contributed by atoms with Crippen molar-refractivity contribution in [2.45, 2.75) is 39.0 Å². The molecule has 3 N–H and O–H groups in total. The van der Waals surface area contributed by atoms with Crippen LogP contribution in [0.3, 0.4) is 0 Å². The topological polar surface area (TPSA) is 128 Å². The van der Waals surface area contributed by atoms with Crippen LogP contribution in [0.15, 0.2) is 12.7 Å². The summed E-state index contributed by atoms with van der Waals surface area (Å²) in [6.07, 6.45) is 4.27. The molecule has 126 valence electrons. The number of carboxylic acid groups (broad SMARTS) is 1. The minimum absolute atomic E-state index is 0. The molecule has 8 heteroatoms. The van der Waals surface area contributed by atoms with Crippen LogP contribution in [-0.4, -0.2) is 28.5 Å². The van der Waals surface area contributed by atoms with Crippen LogP contribution in [0.5, 0.6) is 0 Å². The molecule has 0 aliphatic rings. The molecule has 0 spiro atoms. The van der Waals surface area contributed by atoms with Gasteiger partial charge in [-0.1, -0.05) is 13.5 Å². The SMILES string of the molecule is C=CC#N.CCCC#N.NC(=O)CCCS.O=C(O)CCS.[H+]. The van der Waals surface area contributed by atoms with Gasteiger partial charge in [-0.25, -0.2) is 0 Å². The van der Waals surface area contributed by atoms with Gasteiger partial charge in [0.1, 0.15) is 0 Å². The van der Waals surface area contributed by atoms with E-state index in [9.17, 15) is 9.59 Å². The smallest absolute Gasteiger partial charge is 0.481 e. The fraction of sp³-hybridized carbons (Fsp3) is 0.571. The van der Waals surface area contributed by atoms with E-state index < -0.39 is 5.97 Å². The standard InChI is InChI=1S/C4H9NOS.C4H7N.C3H3N.C3H6O2S/c5-4(6)2-1-3-7;1-2-3-4-5;1-2-3-4;4-3(5)1-2-6/h7H,1-3H2,(H2,5,6);2-3H2,1H3;2H,1H2;6H,1-2H2,(H,4,5)/p+1. The van der Waals surface area contributed by atoms with Crippen LogP contribution in [0.25, 0.3) is 0 Å². The number of unbranched alkanes of at least 4 members (excludes halogenated alkanes) is 1. The Balaban J connectivity index is -0.0000000630. The van der Waals surface area contributed by atoms with E-state index in [0.717, 1.165) is 18.6 Å². The molecule has 0 aromatic carbocycles. The molecule has 0 atom stereocenters. The number of primary amides is 1. The van der Waals surface area contributed by atoms with E-state index in [1.807, 2.05) is 13.0 Å². The molecule has 0 saturated heterocycles. The second-order valence-corrected chi connectivity index (χ2v) is 4.30. The molecule has 0 heterocycles. The van der Waals surface area contributed by atoms with Gasteiger partial charge in [0.2, 0.25) is 5.91 Å². The Hall–Kier alpha value is -1.64. The van der Waals surface area contributed by atoms with E-state index >= 15 is 0 Å². The molecule has 6 nitrogen and oxygen atoms in total. The first-order valence-electron chi connectivity index (χ1n) is 6.46. The summed E-state index contributed by atoms with van der Waals surface area (Å²) in [7, 11) is 0. The van der Waals surface area contributed by atoms with E-state index in [1.54, 1.807) is 6.07 Å². The van der Waals surface area contributed by atoms with E-state index in [4.69, 9.17) is 21.4 Å². The predicted molar refractivity (Wildman–Crippen MR) is 95.8 cm³/mol. The van der Waals surface area contributed by atoms with E-state index in [1.165, 1.54) is 6.08 Å². The van der Waals surface area contributed by atoms with E-state index in [-0.39, 0.29) is 13.8 Å². The van der Waals surface area contributed by atoms with Gasteiger partial charge >= 0.3 is 7.40 Å². The molecule has 0 aromatic rings. The second kappa shape index (κ2) is 31.6. The summed E-state index contributed by atoms with van der Waals surface area (Å²) in [4.78, 5) is 19.5. The fourth-order valence-corrected chi connectivity index (χ4v) is 0.810. The van der Waals surface area contributed by atoms with Crippen LogP contribution in [-0.2, 0) is 9.59 Å². The van der Waals surface area contributed by atoms with Crippen molar-refractivity contribution in [1.82, 2.24) is 0 Å². The average molecular weight is 349 g/mol. The third kappa shape index (κ3) is 79.2. The second-order valence-electron chi connectivity index (χ2n) is 3.40. The quantitative estimate of drug-likeness (QED) is 0.433. The summed E-state index contributed by atoms with van der Waals surface area (Å²) in [5.74, 6) is 0.136. The van der Waals surface area contributed by atoms with Gasteiger partial charge in [-0.2, -0.15) is 35.8 Å². The van der Waals surface area contributed by atoms with Crippen molar-refractivity contribution < 1.29 is 16.1 Å². The van der Waals surface area contributed by atoms with Crippen molar-refractivity contribution in [1.29, 1.82) is 10.5 Å². The fourth-order valence-electron chi connectivity index (χ4n) is 0.461. The zero-order valence-electron chi connectivity index (χ0n) is 13.9. The van der Waals surface area contributed by atoms with Gasteiger partial charge in [-0.3, -0.25) is 9.59 Å². The first-order valence-corrected chi connectivity index (χ1v) is 7.73. The number of amides is 1. The van der Waals surface area contributed by atoms with Crippen molar-refractivity contribution >= 4 is 37.1 Å². The van der Waals surface area contributed by atoms with Gasteiger partial charge in [0.05, 0.1) is 18.6 Å². The lowest BCUT2D eigenvalue weighted by Gasteiger charge is -1.86. The summed E-state index contributed by atoms with van der Waals surface area (Å²) >= 11 is 7.57. The van der Waals surface area contributed by atoms with Crippen LogP contribution in [0, 0.1) is 22.7 Å². The maximum atomic E-state index is 9.95. The van der Waals surface area contributed by atoms with E-state index in [0.29, 0.717) is 18.6 Å². The molecule has 22 heavy (non-hydrogen) atoms. The van der Waals surface area contributed by atoms with E-state index in [2.05, 4.69) is 31.8 Å². The Morgan fingerprint density at radius 1 is 1.32 bits per heavy atom. The van der Waals surface area contributed by atoms with Crippen LogP contribution < -0.4 is 5.73 Å². The molecule has 0 saturated carbocycles. The third-order valence-corrected chi connectivity index (χ3v) is 1.90. The lowest BCUT2D eigenvalue weighted by Crippen LogP contribution is -2.09. The zero-order valence-corrected chi connectivity index (χ0v) is 14.7. The number of thiol groups is 2. The Bertz CT molecular complexity index is 356. The minimum Gasteiger partial charge on any atom is -0.481 e. The lowest BCUT2D eigenvalue weighted by molar-refractivity contribution is -0.136. The van der Waals surface area contributed by atoms with Crippen LogP contribution in [0.2, 0.25) is 0 Å². The number of nitrogens with two attached hydrogens (primary N) is 1. The number of hydrogen-bond acceptors (Lipinski definition) is 6. The highest BCUT2D eigenvalue weighted by molar-refractivity contribution is 7.80. The van der Waals surface area contributed by atoms with Crippen molar-refractivity contribution in [3.05, 3.63) is 12.7 Å². The number of nitriles is 2. The number of carbonyl (C=O) groups excluding carboxylic acids is 1. The molecule has 0 aromatic heterocycles. The summed E-state index contributed by atoms with van der Waals surface area (Å²) in [5.41, 5.74) is 4.81. The molecule has 0 radical (unpaired) electrons. The lowest BCUT2D eigenvalue weighted by atomic mass is 10.3. The van der Waals surface area contributed by atoms with Gasteiger partial charge in [0.25, 0.3) is 0 Å². The maximum absolute atomic E-state index is 9.95. The Morgan fingerprint density at radius 2 is 1.82 bits per heavy atom. The highest BCUT2D eigenvalue weighted by Crippen LogP contribution is 1.87. The minimum atomic E-state index is -0.787. The number of carbonyl (C=O) groups is 2. The van der Waals surface area contributed by atoms with Crippen LogP contribution in [0.1, 0.15) is 40.5 Å². The number of rotatable bonds is 6. The highest BCUT2D eigenvalue weighted by Gasteiger charge is 1.88. The number of allylic oxidation sites excluding steroid dienone is 1. The van der Waals surface area contributed by atoms with Crippen LogP contribution in [0.4, 0.5) is 0 Å². The Morgan fingerprint density at radius 3 is 1.86 bits per heavy atom. The van der Waals surface area contributed by atoms with Crippen molar-refractivity contribution in [2.75, 3.05) is 11.5 Å². The van der Waals surface area contributed by atoms with Crippen LogP contribution >= 0.6 is 25.3 Å². The summed E-state index contributed by atoms with van der Waals surface area (Å²) < 4.78 is 0. The first kappa shape index (κ1) is 28.5. The largest absolute Gasteiger partial charge is 1.00 e. The monoisotopic (exact) mass is 348 g/mol. The molecule has 0 bridgehead atoms. The number of aliphatic carboxylic acids is 1. The molecular formula is C14H26N3O3S2+. The normalized spacial score (nSPS) is 7.14. The summed E-state index contributed by atoms with van der Waals surface area (Å²) in [6, 6.07) is 3.71. The highest BCUT2D eigenvalue weighted by atomic mass is 32.1. The van der Waals surface area contributed by atoms with Gasteiger partial charge in [-0.05, 0) is 18.6 Å². The molecule has 0 rings (SSSR count). The van der Waals surface area contributed by atoms with Gasteiger partial charge < -0.3 is 10.8 Å².